The zero-order chi connectivity index (χ0) is 12.8. The highest BCUT2D eigenvalue weighted by Crippen LogP contribution is 2.29. The normalized spacial score (nSPS) is 13.1. The minimum Gasteiger partial charge on any atom is -0.324 e. The molecule has 0 amide bonds. The fraction of sp³-hybridized carbons (Fsp3) is 0.600. The lowest BCUT2D eigenvalue weighted by Gasteiger charge is -2.24. The van der Waals surface area contributed by atoms with Gasteiger partial charge in [0.2, 0.25) is 0 Å². The number of aryl methyl sites for hydroxylation is 1. The first kappa shape index (κ1) is 14.2. The van der Waals surface area contributed by atoms with Crippen LogP contribution in [-0.4, -0.2) is 0 Å². The summed E-state index contributed by atoms with van der Waals surface area (Å²) in [5, 5.41) is 0. The molecule has 0 spiro atoms. The van der Waals surface area contributed by atoms with Gasteiger partial charge in [-0.2, -0.15) is 0 Å². The first-order valence-electron chi connectivity index (χ1n) is 6.61. The van der Waals surface area contributed by atoms with E-state index in [9.17, 15) is 4.39 Å². The maximum Gasteiger partial charge on any atom is 0.127 e. The lowest BCUT2D eigenvalue weighted by atomic mass is 9.86. The van der Waals surface area contributed by atoms with Crippen LogP contribution >= 0.6 is 0 Å². The van der Waals surface area contributed by atoms with Gasteiger partial charge in [-0.15, -0.1) is 0 Å². The molecular formula is C15H24FN. The Hall–Kier alpha value is -0.890. The second-order valence-electron chi connectivity index (χ2n) is 4.89. The summed E-state index contributed by atoms with van der Waals surface area (Å²) in [4.78, 5) is 0. The summed E-state index contributed by atoms with van der Waals surface area (Å²) in [6.07, 6.45) is 4.35. The predicted octanol–water partition coefficient (Wildman–Crippen LogP) is 4.35. The molecule has 96 valence electrons. The maximum atomic E-state index is 13.8. The minimum absolute atomic E-state index is 0.166. The third kappa shape index (κ3) is 3.81. The van der Waals surface area contributed by atoms with E-state index in [0.717, 1.165) is 31.2 Å². The van der Waals surface area contributed by atoms with E-state index in [1.165, 1.54) is 6.07 Å². The standard InChI is InChI=1S/C15H24FN/c1-4-6-12(7-5-2)15(17)13-10-11(3)8-9-14(13)16/h8-10,12,15H,4-7,17H2,1-3H3. The Labute approximate surface area is 104 Å². The highest BCUT2D eigenvalue weighted by molar-refractivity contribution is 5.27. The zero-order valence-corrected chi connectivity index (χ0v) is 11.2. The number of hydrogen-bond donors (Lipinski definition) is 1. The number of benzene rings is 1. The maximum absolute atomic E-state index is 13.8. The Balaban J connectivity index is 2.91. The van der Waals surface area contributed by atoms with E-state index in [2.05, 4.69) is 13.8 Å². The lowest BCUT2D eigenvalue weighted by molar-refractivity contribution is 0.360. The number of hydrogen-bond acceptors (Lipinski definition) is 1. The molecule has 0 saturated carbocycles. The Kier molecular flexibility index (Phi) is 5.63. The molecule has 1 rings (SSSR count). The van der Waals surface area contributed by atoms with Gasteiger partial charge in [-0.1, -0.05) is 44.4 Å². The summed E-state index contributed by atoms with van der Waals surface area (Å²) >= 11 is 0. The van der Waals surface area contributed by atoms with Gasteiger partial charge < -0.3 is 5.73 Å². The van der Waals surface area contributed by atoms with Crippen LogP contribution in [0.5, 0.6) is 0 Å². The summed E-state index contributed by atoms with van der Waals surface area (Å²) in [5.74, 6) is 0.224. The van der Waals surface area contributed by atoms with Crippen LogP contribution in [0.4, 0.5) is 4.39 Å². The molecule has 0 bridgehead atoms. The molecule has 0 fully saturated rings. The first-order valence-corrected chi connectivity index (χ1v) is 6.61. The molecule has 2 N–H and O–H groups in total. The molecule has 1 atom stereocenters. The average Bonchev–Trinajstić information content (AvgIpc) is 2.31. The van der Waals surface area contributed by atoms with Crippen molar-refractivity contribution in [1.82, 2.24) is 0 Å². The minimum atomic E-state index is -0.171. The van der Waals surface area contributed by atoms with E-state index in [-0.39, 0.29) is 11.9 Å². The van der Waals surface area contributed by atoms with Crippen molar-refractivity contribution in [2.45, 2.75) is 52.5 Å². The van der Waals surface area contributed by atoms with E-state index in [4.69, 9.17) is 5.73 Å². The van der Waals surface area contributed by atoms with Crippen molar-refractivity contribution in [3.8, 4) is 0 Å². The number of rotatable bonds is 6. The van der Waals surface area contributed by atoms with E-state index < -0.39 is 0 Å². The van der Waals surface area contributed by atoms with Crippen LogP contribution in [-0.2, 0) is 0 Å². The molecule has 1 nitrogen and oxygen atoms in total. The van der Waals surface area contributed by atoms with Crippen molar-refractivity contribution in [3.05, 3.63) is 35.1 Å². The largest absolute Gasteiger partial charge is 0.324 e. The van der Waals surface area contributed by atoms with Crippen molar-refractivity contribution < 1.29 is 4.39 Å². The van der Waals surface area contributed by atoms with Crippen LogP contribution in [0.3, 0.4) is 0 Å². The molecule has 0 saturated heterocycles. The van der Waals surface area contributed by atoms with Crippen LogP contribution < -0.4 is 5.73 Å². The van der Waals surface area contributed by atoms with Crippen molar-refractivity contribution in [2.24, 2.45) is 11.7 Å². The molecule has 1 unspecified atom stereocenters. The molecule has 0 aliphatic rings. The Morgan fingerprint density at radius 1 is 1.18 bits per heavy atom. The summed E-state index contributed by atoms with van der Waals surface area (Å²) in [7, 11) is 0. The van der Waals surface area contributed by atoms with Crippen LogP contribution in [0.25, 0.3) is 0 Å². The molecule has 17 heavy (non-hydrogen) atoms. The Bertz CT molecular complexity index is 343. The summed E-state index contributed by atoms with van der Waals surface area (Å²) in [6.45, 7) is 6.29. The third-order valence-electron chi connectivity index (χ3n) is 3.34. The molecule has 1 aromatic carbocycles. The van der Waals surface area contributed by atoms with E-state index in [1.54, 1.807) is 6.07 Å². The van der Waals surface area contributed by atoms with E-state index in [1.807, 2.05) is 13.0 Å². The first-order chi connectivity index (χ1) is 8.10. The number of halogens is 1. The van der Waals surface area contributed by atoms with Gasteiger partial charge in [0.15, 0.2) is 0 Å². The third-order valence-corrected chi connectivity index (χ3v) is 3.34. The second kappa shape index (κ2) is 6.75. The second-order valence-corrected chi connectivity index (χ2v) is 4.89. The van der Waals surface area contributed by atoms with Crippen molar-refractivity contribution in [3.63, 3.8) is 0 Å². The summed E-state index contributed by atoms with van der Waals surface area (Å²) in [6, 6.07) is 5.03. The highest BCUT2D eigenvalue weighted by atomic mass is 19.1. The molecular weight excluding hydrogens is 213 g/mol. The Morgan fingerprint density at radius 2 is 1.76 bits per heavy atom. The van der Waals surface area contributed by atoms with Gasteiger partial charge in [0.25, 0.3) is 0 Å². The van der Waals surface area contributed by atoms with Gasteiger partial charge in [0.1, 0.15) is 5.82 Å². The van der Waals surface area contributed by atoms with Crippen molar-refractivity contribution >= 4 is 0 Å². The molecule has 0 aromatic heterocycles. The van der Waals surface area contributed by atoms with Gasteiger partial charge in [0.05, 0.1) is 0 Å². The number of nitrogens with two attached hydrogens (primary N) is 1. The molecule has 0 aliphatic carbocycles. The van der Waals surface area contributed by atoms with Crippen LogP contribution in [0.1, 0.15) is 56.7 Å². The van der Waals surface area contributed by atoms with Crippen molar-refractivity contribution in [1.29, 1.82) is 0 Å². The smallest absolute Gasteiger partial charge is 0.127 e. The predicted molar refractivity (Wildman–Crippen MR) is 71.4 cm³/mol. The molecule has 0 radical (unpaired) electrons. The van der Waals surface area contributed by atoms with Crippen LogP contribution in [0.15, 0.2) is 18.2 Å². The topological polar surface area (TPSA) is 26.0 Å². The SMILES string of the molecule is CCCC(CCC)C(N)c1cc(C)ccc1F. The fourth-order valence-electron chi connectivity index (χ4n) is 2.42. The monoisotopic (exact) mass is 237 g/mol. The van der Waals surface area contributed by atoms with Gasteiger partial charge in [0, 0.05) is 11.6 Å². The average molecular weight is 237 g/mol. The van der Waals surface area contributed by atoms with Gasteiger partial charge in [-0.25, -0.2) is 4.39 Å². The molecule has 2 heteroatoms. The zero-order valence-electron chi connectivity index (χ0n) is 11.2. The Morgan fingerprint density at radius 3 is 2.29 bits per heavy atom. The van der Waals surface area contributed by atoms with Gasteiger partial charge in [-0.3, -0.25) is 0 Å². The molecule has 0 aliphatic heterocycles. The van der Waals surface area contributed by atoms with Crippen LogP contribution in [0, 0.1) is 18.7 Å². The highest BCUT2D eigenvalue weighted by Gasteiger charge is 2.20. The molecule has 1 aromatic rings. The van der Waals surface area contributed by atoms with E-state index in [0.29, 0.717) is 11.5 Å². The van der Waals surface area contributed by atoms with E-state index >= 15 is 0 Å². The summed E-state index contributed by atoms with van der Waals surface area (Å²) < 4.78 is 13.8. The fourth-order valence-corrected chi connectivity index (χ4v) is 2.42. The molecule has 0 heterocycles. The van der Waals surface area contributed by atoms with Gasteiger partial charge in [-0.05, 0) is 31.7 Å². The summed E-state index contributed by atoms with van der Waals surface area (Å²) in [5.41, 5.74) is 7.99. The van der Waals surface area contributed by atoms with Crippen LogP contribution in [0.2, 0.25) is 0 Å². The lowest BCUT2D eigenvalue weighted by Crippen LogP contribution is -2.22. The van der Waals surface area contributed by atoms with Gasteiger partial charge >= 0.3 is 0 Å². The quantitative estimate of drug-likeness (QED) is 0.782. The van der Waals surface area contributed by atoms with Crippen molar-refractivity contribution in [2.75, 3.05) is 0 Å².